The van der Waals surface area contributed by atoms with E-state index in [0.29, 0.717) is 10.7 Å². The van der Waals surface area contributed by atoms with Gasteiger partial charge in [-0.05, 0) is 18.2 Å². The topological polar surface area (TPSA) is 69.6 Å². The van der Waals surface area contributed by atoms with Crippen molar-refractivity contribution in [3.05, 3.63) is 29.3 Å². The summed E-state index contributed by atoms with van der Waals surface area (Å²) in [5, 5.41) is 12.3. The Bertz CT molecular complexity index is 527. The van der Waals surface area contributed by atoms with Crippen LogP contribution in [0, 0.1) is 0 Å². The van der Waals surface area contributed by atoms with Crippen LogP contribution in [0.15, 0.2) is 24.3 Å². The molecule has 7 heteroatoms. The fraction of sp³-hybridized carbons (Fsp3) is 0.429. The fourth-order valence-electron chi connectivity index (χ4n) is 2.24. The van der Waals surface area contributed by atoms with E-state index in [9.17, 15) is 9.59 Å². The third-order valence-electron chi connectivity index (χ3n) is 3.21. The zero-order chi connectivity index (χ0) is 15.2. The zero-order valence-electron chi connectivity index (χ0n) is 11.4. The minimum atomic E-state index is -0.831. The van der Waals surface area contributed by atoms with E-state index in [1.54, 1.807) is 36.0 Å². The molecular weight excluding hydrogens is 312 g/mol. The smallest absolute Gasteiger partial charge is 0.304 e. The SMILES string of the molecule is O=C(O)CC1CSCCN1CC(=O)Nc1cccc(Cl)c1. The van der Waals surface area contributed by atoms with Crippen LogP contribution in [-0.2, 0) is 9.59 Å². The maximum absolute atomic E-state index is 12.1. The van der Waals surface area contributed by atoms with Gasteiger partial charge in [0.25, 0.3) is 0 Å². The van der Waals surface area contributed by atoms with Crippen LogP contribution >= 0.6 is 23.4 Å². The van der Waals surface area contributed by atoms with Crippen LogP contribution in [0.3, 0.4) is 0 Å². The molecule has 114 valence electrons. The lowest BCUT2D eigenvalue weighted by Gasteiger charge is -2.33. The molecule has 1 aliphatic rings. The normalized spacial score (nSPS) is 19.2. The second kappa shape index (κ2) is 7.68. The molecular formula is C14H17ClN2O3S. The first-order valence-electron chi connectivity index (χ1n) is 6.63. The molecule has 1 aromatic carbocycles. The zero-order valence-corrected chi connectivity index (χ0v) is 13.0. The van der Waals surface area contributed by atoms with Crippen molar-refractivity contribution in [2.24, 2.45) is 0 Å². The van der Waals surface area contributed by atoms with Crippen LogP contribution < -0.4 is 5.32 Å². The first-order chi connectivity index (χ1) is 10.0. The highest BCUT2D eigenvalue weighted by Crippen LogP contribution is 2.19. The molecule has 1 aliphatic heterocycles. The lowest BCUT2D eigenvalue weighted by molar-refractivity contribution is -0.138. The van der Waals surface area contributed by atoms with E-state index >= 15 is 0 Å². The molecule has 1 unspecified atom stereocenters. The molecule has 2 rings (SSSR count). The van der Waals surface area contributed by atoms with Gasteiger partial charge in [-0.1, -0.05) is 17.7 Å². The third kappa shape index (κ3) is 5.22. The van der Waals surface area contributed by atoms with Gasteiger partial charge >= 0.3 is 5.97 Å². The summed E-state index contributed by atoms with van der Waals surface area (Å²) in [5.41, 5.74) is 0.647. The van der Waals surface area contributed by atoms with Gasteiger partial charge in [0.05, 0.1) is 13.0 Å². The molecule has 1 atom stereocenters. The Morgan fingerprint density at radius 1 is 1.48 bits per heavy atom. The van der Waals surface area contributed by atoms with Crippen LogP contribution in [0.4, 0.5) is 5.69 Å². The van der Waals surface area contributed by atoms with E-state index in [1.807, 2.05) is 4.90 Å². The second-order valence-electron chi connectivity index (χ2n) is 4.86. The van der Waals surface area contributed by atoms with Gasteiger partial charge in [-0.15, -0.1) is 0 Å². The summed E-state index contributed by atoms with van der Waals surface area (Å²) < 4.78 is 0. The van der Waals surface area contributed by atoms with Gasteiger partial charge in [-0.3, -0.25) is 14.5 Å². The van der Waals surface area contributed by atoms with Gasteiger partial charge in [0.1, 0.15) is 0 Å². The summed E-state index contributed by atoms with van der Waals surface area (Å²) in [6, 6.07) is 6.86. The molecule has 1 aromatic rings. The molecule has 1 heterocycles. The maximum Gasteiger partial charge on any atom is 0.304 e. The number of rotatable bonds is 5. The third-order valence-corrected chi connectivity index (χ3v) is 4.54. The monoisotopic (exact) mass is 328 g/mol. The molecule has 0 bridgehead atoms. The Morgan fingerprint density at radius 2 is 2.29 bits per heavy atom. The van der Waals surface area contributed by atoms with Crippen LogP contribution in [0.5, 0.6) is 0 Å². The van der Waals surface area contributed by atoms with E-state index in [0.717, 1.165) is 18.1 Å². The quantitative estimate of drug-likeness (QED) is 0.867. The van der Waals surface area contributed by atoms with Crippen LogP contribution in [0.2, 0.25) is 5.02 Å². The highest BCUT2D eigenvalue weighted by Gasteiger charge is 2.26. The van der Waals surface area contributed by atoms with Gasteiger partial charge in [0.2, 0.25) is 5.91 Å². The highest BCUT2D eigenvalue weighted by molar-refractivity contribution is 7.99. The average molecular weight is 329 g/mol. The van der Waals surface area contributed by atoms with E-state index in [4.69, 9.17) is 16.7 Å². The molecule has 21 heavy (non-hydrogen) atoms. The summed E-state index contributed by atoms with van der Waals surface area (Å²) in [5.74, 6) is 0.680. The second-order valence-corrected chi connectivity index (χ2v) is 6.44. The summed E-state index contributed by atoms with van der Waals surface area (Å²) in [6.45, 7) is 0.927. The van der Waals surface area contributed by atoms with Crippen molar-refractivity contribution in [2.75, 3.05) is 29.9 Å². The summed E-state index contributed by atoms with van der Waals surface area (Å²) >= 11 is 7.60. The summed E-state index contributed by atoms with van der Waals surface area (Å²) in [6.07, 6.45) is 0.0669. The number of carboxylic acid groups (broad SMARTS) is 1. The molecule has 2 N–H and O–H groups in total. The van der Waals surface area contributed by atoms with Crippen molar-refractivity contribution >= 4 is 40.9 Å². The first kappa shape index (κ1) is 16.1. The van der Waals surface area contributed by atoms with Crippen LogP contribution in [-0.4, -0.2) is 52.5 Å². The van der Waals surface area contributed by atoms with Gasteiger partial charge in [-0.25, -0.2) is 0 Å². The molecule has 0 aromatic heterocycles. The average Bonchev–Trinajstić information content (AvgIpc) is 2.40. The van der Waals surface area contributed by atoms with Gasteiger partial charge in [0.15, 0.2) is 0 Å². The molecule has 5 nitrogen and oxygen atoms in total. The lowest BCUT2D eigenvalue weighted by atomic mass is 10.2. The molecule has 1 saturated heterocycles. The number of anilines is 1. The number of halogens is 1. The highest BCUT2D eigenvalue weighted by atomic mass is 35.5. The minimum Gasteiger partial charge on any atom is -0.481 e. The number of hydrogen-bond acceptors (Lipinski definition) is 4. The minimum absolute atomic E-state index is 0.0669. The Balaban J connectivity index is 1.92. The predicted molar refractivity (Wildman–Crippen MR) is 85.0 cm³/mol. The van der Waals surface area contributed by atoms with Crippen molar-refractivity contribution in [1.29, 1.82) is 0 Å². The Morgan fingerprint density at radius 3 is 3.00 bits per heavy atom. The van der Waals surface area contributed by atoms with Crippen molar-refractivity contribution < 1.29 is 14.7 Å². The standard InChI is InChI=1S/C14H17ClN2O3S/c15-10-2-1-3-11(6-10)16-13(18)8-17-4-5-21-9-12(17)7-14(19)20/h1-3,6,12H,4-5,7-9H2,(H,16,18)(H,19,20). The predicted octanol–water partition coefficient (Wildman–Crippen LogP) is 2.17. The lowest BCUT2D eigenvalue weighted by Crippen LogP contribution is -2.47. The van der Waals surface area contributed by atoms with E-state index in [1.165, 1.54) is 0 Å². The largest absolute Gasteiger partial charge is 0.481 e. The number of benzene rings is 1. The fourth-order valence-corrected chi connectivity index (χ4v) is 3.56. The maximum atomic E-state index is 12.1. The van der Waals surface area contributed by atoms with E-state index in [2.05, 4.69) is 5.32 Å². The number of nitrogens with one attached hydrogen (secondary N) is 1. The van der Waals surface area contributed by atoms with E-state index in [-0.39, 0.29) is 24.9 Å². The van der Waals surface area contributed by atoms with E-state index < -0.39 is 5.97 Å². The van der Waals surface area contributed by atoms with Gasteiger partial charge in [0, 0.05) is 34.8 Å². The molecule has 0 spiro atoms. The Kier molecular flexibility index (Phi) is 5.90. The number of thioether (sulfide) groups is 1. The molecule has 0 saturated carbocycles. The van der Waals surface area contributed by atoms with Crippen LogP contribution in [0.1, 0.15) is 6.42 Å². The first-order valence-corrected chi connectivity index (χ1v) is 8.17. The number of nitrogens with zero attached hydrogens (tertiary/aromatic N) is 1. The Hall–Kier alpha value is -1.24. The summed E-state index contributed by atoms with van der Waals surface area (Å²) in [7, 11) is 0. The Labute approximate surface area is 132 Å². The molecule has 0 radical (unpaired) electrons. The molecule has 1 amide bonds. The number of carboxylic acids is 1. The molecule has 0 aliphatic carbocycles. The van der Waals surface area contributed by atoms with Crippen molar-refractivity contribution in [3.63, 3.8) is 0 Å². The number of carbonyl (C=O) groups is 2. The van der Waals surface area contributed by atoms with Gasteiger partial charge < -0.3 is 10.4 Å². The number of carbonyl (C=O) groups excluding carboxylic acids is 1. The number of hydrogen-bond donors (Lipinski definition) is 2. The van der Waals surface area contributed by atoms with Gasteiger partial charge in [-0.2, -0.15) is 11.8 Å². The number of amides is 1. The molecule has 1 fully saturated rings. The number of aliphatic carboxylic acids is 1. The van der Waals surface area contributed by atoms with Crippen molar-refractivity contribution in [3.8, 4) is 0 Å². The summed E-state index contributed by atoms with van der Waals surface area (Å²) in [4.78, 5) is 24.9. The van der Waals surface area contributed by atoms with Crippen molar-refractivity contribution in [2.45, 2.75) is 12.5 Å². The van der Waals surface area contributed by atoms with Crippen LogP contribution in [0.25, 0.3) is 0 Å². The van der Waals surface area contributed by atoms with Crippen molar-refractivity contribution in [1.82, 2.24) is 4.90 Å².